The van der Waals surface area contributed by atoms with E-state index in [4.69, 9.17) is 44.6 Å². The summed E-state index contributed by atoms with van der Waals surface area (Å²) < 4.78 is 5.51. The van der Waals surface area contributed by atoms with Crippen LogP contribution in [0.2, 0.25) is 15.1 Å². The minimum absolute atomic E-state index is 0.0829. The first kappa shape index (κ1) is 14.0. The predicted octanol–water partition coefficient (Wildman–Crippen LogP) is 5.14. The molecule has 0 bridgehead atoms. The number of carbonyl (C=O) groups is 1. The smallest absolute Gasteiger partial charge is 0.335 e. The number of ether oxygens (including phenoxy) is 1. The summed E-state index contributed by atoms with van der Waals surface area (Å²) in [5, 5.41) is 9.84. The van der Waals surface area contributed by atoms with Gasteiger partial charge in [0.25, 0.3) is 0 Å². The molecule has 0 fully saturated rings. The van der Waals surface area contributed by atoms with Gasteiger partial charge in [0, 0.05) is 5.02 Å². The van der Waals surface area contributed by atoms with E-state index in [1.807, 2.05) is 0 Å². The van der Waals surface area contributed by atoms with Crippen LogP contribution >= 0.6 is 34.8 Å². The van der Waals surface area contributed by atoms with E-state index in [1.54, 1.807) is 12.1 Å². The van der Waals surface area contributed by atoms with Gasteiger partial charge in [-0.15, -0.1) is 0 Å². The Balaban J connectivity index is 2.31. The maximum Gasteiger partial charge on any atom is 0.335 e. The van der Waals surface area contributed by atoms with E-state index in [9.17, 15) is 4.79 Å². The summed E-state index contributed by atoms with van der Waals surface area (Å²) in [5.41, 5.74) is 0.0829. The van der Waals surface area contributed by atoms with E-state index in [0.717, 1.165) is 0 Å². The molecule has 6 heteroatoms. The lowest BCUT2D eigenvalue weighted by atomic mass is 10.2. The standard InChI is InChI=1S/C13H7Cl3O3/c14-8-2-4-12(10(16)6-8)19-11-3-1-7(13(17)18)5-9(11)15/h1-6H,(H,17,18). The van der Waals surface area contributed by atoms with E-state index < -0.39 is 5.97 Å². The van der Waals surface area contributed by atoms with Crippen LogP contribution in [0.1, 0.15) is 10.4 Å². The second-order valence-electron chi connectivity index (χ2n) is 3.63. The van der Waals surface area contributed by atoms with Gasteiger partial charge in [-0.05, 0) is 36.4 Å². The van der Waals surface area contributed by atoms with Crippen molar-refractivity contribution in [1.29, 1.82) is 0 Å². The molecule has 0 spiro atoms. The van der Waals surface area contributed by atoms with E-state index in [1.165, 1.54) is 24.3 Å². The lowest BCUT2D eigenvalue weighted by Gasteiger charge is -2.09. The number of aromatic carboxylic acids is 1. The van der Waals surface area contributed by atoms with Crippen molar-refractivity contribution in [2.24, 2.45) is 0 Å². The Kier molecular flexibility index (Phi) is 4.20. The molecule has 0 heterocycles. The molecule has 3 nitrogen and oxygen atoms in total. The van der Waals surface area contributed by atoms with Crippen molar-refractivity contribution in [3.63, 3.8) is 0 Å². The summed E-state index contributed by atoms with van der Waals surface area (Å²) in [5.74, 6) is -0.357. The van der Waals surface area contributed by atoms with Gasteiger partial charge in [0.1, 0.15) is 11.5 Å². The number of carboxylic acids is 1. The van der Waals surface area contributed by atoms with Gasteiger partial charge in [0.2, 0.25) is 0 Å². The quantitative estimate of drug-likeness (QED) is 0.853. The SMILES string of the molecule is O=C(O)c1ccc(Oc2ccc(Cl)cc2Cl)c(Cl)c1. The van der Waals surface area contributed by atoms with Crippen LogP contribution in [-0.4, -0.2) is 11.1 Å². The number of benzene rings is 2. The number of hydrogen-bond acceptors (Lipinski definition) is 2. The molecule has 0 aliphatic heterocycles. The maximum atomic E-state index is 10.8. The number of hydrogen-bond donors (Lipinski definition) is 1. The Morgan fingerprint density at radius 1 is 0.947 bits per heavy atom. The van der Waals surface area contributed by atoms with Gasteiger partial charge < -0.3 is 9.84 Å². The fourth-order valence-corrected chi connectivity index (χ4v) is 2.06. The zero-order chi connectivity index (χ0) is 14.0. The molecule has 2 aromatic rings. The van der Waals surface area contributed by atoms with E-state index in [-0.39, 0.29) is 10.6 Å². The van der Waals surface area contributed by atoms with E-state index in [0.29, 0.717) is 21.5 Å². The Morgan fingerprint density at radius 2 is 1.53 bits per heavy atom. The van der Waals surface area contributed by atoms with Crippen LogP contribution in [0.3, 0.4) is 0 Å². The molecule has 0 aromatic heterocycles. The summed E-state index contributed by atoms with van der Waals surface area (Å²) in [6.45, 7) is 0. The highest BCUT2D eigenvalue weighted by Gasteiger charge is 2.10. The zero-order valence-electron chi connectivity index (χ0n) is 9.36. The second kappa shape index (κ2) is 5.70. The highest BCUT2D eigenvalue weighted by atomic mass is 35.5. The molecule has 0 saturated carbocycles. The average Bonchev–Trinajstić information content (AvgIpc) is 2.34. The third-order valence-electron chi connectivity index (χ3n) is 2.29. The second-order valence-corrected chi connectivity index (χ2v) is 4.88. The van der Waals surface area contributed by atoms with E-state index >= 15 is 0 Å². The van der Waals surface area contributed by atoms with Gasteiger partial charge in [-0.3, -0.25) is 0 Å². The van der Waals surface area contributed by atoms with Gasteiger partial charge in [-0.1, -0.05) is 34.8 Å². The first-order valence-corrected chi connectivity index (χ1v) is 6.26. The first-order valence-electron chi connectivity index (χ1n) is 5.13. The number of halogens is 3. The first-order chi connectivity index (χ1) is 8.97. The van der Waals surface area contributed by atoms with Crippen molar-refractivity contribution < 1.29 is 14.6 Å². The van der Waals surface area contributed by atoms with Crippen LogP contribution in [0.15, 0.2) is 36.4 Å². The predicted molar refractivity (Wildman–Crippen MR) is 74.9 cm³/mol. The monoisotopic (exact) mass is 316 g/mol. The maximum absolute atomic E-state index is 10.8. The fraction of sp³-hybridized carbons (Fsp3) is 0. The van der Waals surface area contributed by atoms with Crippen LogP contribution in [0, 0.1) is 0 Å². The molecule has 2 aromatic carbocycles. The zero-order valence-corrected chi connectivity index (χ0v) is 11.6. The molecule has 1 N–H and O–H groups in total. The highest BCUT2D eigenvalue weighted by Crippen LogP contribution is 2.35. The lowest BCUT2D eigenvalue weighted by molar-refractivity contribution is 0.0697. The summed E-state index contributed by atoms with van der Waals surface area (Å²) in [6, 6.07) is 8.94. The van der Waals surface area contributed by atoms with Gasteiger partial charge >= 0.3 is 5.97 Å². The van der Waals surface area contributed by atoms with Crippen molar-refractivity contribution in [1.82, 2.24) is 0 Å². The molecule has 19 heavy (non-hydrogen) atoms. The molecule has 0 saturated heterocycles. The summed E-state index contributed by atoms with van der Waals surface area (Å²) in [6.07, 6.45) is 0. The van der Waals surface area contributed by atoms with Crippen LogP contribution in [-0.2, 0) is 0 Å². The minimum atomic E-state index is -1.06. The highest BCUT2D eigenvalue weighted by molar-refractivity contribution is 6.35. The van der Waals surface area contributed by atoms with E-state index in [2.05, 4.69) is 0 Å². The number of carboxylic acid groups (broad SMARTS) is 1. The Hall–Kier alpha value is -1.42. The number of rotatable bonds is 3. The van der Waals surface area contributed by atoms with Crippen molar-refractivity contribution in [2.75, 3.05) is 0 Å². The molecule has 0 amide bonds. The summed E-state index contributed by atoms with van der Waals surface area (Å²) in [4.78, 5) is 10.8. The largest absolute Gasteiger partial charge is 0.478 e. The molecular weight excluding hydrogens is 310 g/mol. The molecule has 0 aliphatic carbocycles. The van der Waals surface area contributed by atoms with Crippen molar-refractivity contribution in [2.45, 2.75) is 0 Å². The third kappa shape index (κ3) is 3.32. The van der Waals surface area contributed by atoms with Crippen LogP contribution in [0.4, 0.5) is 0 Å². The minimum Gasteiger partial charge on any atom is -0.478 e. The Labute approximate surface area is 124 Å². The molecule has 0 radical (unpaired) electrons. The van der Waals surface area contributed by atoms with Gasteiger partial charge in [0.05, 0.1) is 15.6 Å². The van der Waals surface area contributed by atoms with Gasteiger partial charge in [0.15, 0.2) is 0 Å². The molecular formula is C13H7Cl3O3. The third-order valence-corrected chi connectivity index (χ3v) is 3.12. The van der Waals surface area contributed by atoms with Crippen LogP contribution < -0.4 is 4.74 Å². The van der Waals surface area contributed by atoms with Crippen molar-refractivity contribution >= 4 is 40.8 Å². The molecule has 98 valence electrons. The van der Waals surface area contributed by atoms with Crippen LogP contribution in [0.5, 0.6) is 11.5 Å². The topological polar surface area (TPSA) is 46.5 Å². The Bertz CT molecular complexity index is 641. The van der Waals surface area contributed by atoms with Gasteiger partial charge in [-0.2, -0.15) is 0 Å². The summed E-state index contributed by atoms with van der Waals surface area (Å²) >= 11 is 17.7. The molecule has 2 rings (SSSR count). The Morgan fingerprint density at radius 3 is 2.05 bits per heavy atom. The average molecular weight is 318 g/mol. The lowest BCUT2D eigenvalue weighted by Crippen LogP contribution is -1.96. The van der Waals surface area contributed by atoms with Crippen molar-refractivity contribution in [3.8, 4) is 11.5 Å². The summed E-state index contributed by atoms with van der Waals surface area (Å²) in [7, 11) is 0. The van der Waals surface area contributed by atoms with Crippen molar-refractivity contribution in [3.05, 3.63) is 57.0 Å². The van der Waals surface area contributed by atoms with Crippen LogP contribution in [0.25, 0.3) is 0 Å². The normalized spacial score (nSPS) is 10.3. The fourth-order valence-electron chi connectivity index (χ4n) is 1.39. The molecule has 0 unspecified atom stereocenters. The molecule has 0 aliphatic rings. The molecule has 0 atom stereocenters. The van der Waals surface area contributed by atoms with Gasteiger partial charge in [-0.25, -0.2) is 4.79 Å².